The minimum absolute atomic E-state index is 0.105. The average Bonchev–Trinajstić information content (AvgIpc) is 2.62. The van der Waals surface area contributed by atoms with E-state index in [0.717, 1.165) is 15.4 Å². The molecule has 0 aromatic heterocycles. The predicted molar refractivity (Wildman–Crippen MR) is 101 cm³/mol. The van der Waals surface area contributed by atoms with E-state index >= 15 is 0 Å². The van der Waals surface area contributed by atoms with Gasteiger partial charge >= 0.3 is 5.97 Å². The van der Waals surface area contributed by atoms with Crippen molar-refractivity contribution in [2.24, 2.45) is 0 Å². The summed E-state index contributed by atoms with van der Waals surface area (Å²) < 4.78 is 32.3. The molecule has 2 aromatic rings. The van der Waals surface area contributed by atoms with Crippen molar-refractivity contribution in [1.29, 1.82) is 0 Å². The Labute approximate surface area is 155 Å². The number of rotatable bonds is 8. The second kappa shape index (κ2) is 8.96. The number of esters is 1. The Morgan fingerprint density at radius 2 is 1.65 bits per heavy atom. The molecule has 2 aromatic carbocycles. The minimum Gasteiger partial charge on any atom is -0.465 e. The third-order valence-corrected chi connectivity index (χ3v) is 5.80. The first kappa shape index (κ1) is 20.1. The fourth-order valence-corrected chi connectivity index (χ4v) is 3.91. The van der Waals surface area contributed by atoms with Crippen LogP contribution in [0.4, 0.5) is 0 Å². The van der Waals surface area contributed by atoms with Crippen molar-refractivity contribution in [2.75, 3.05) is 13.2 Å². The van der Waals surface area contributed by atoms with Crippen molar-refractivity contribution < 1.29 is 17.9 Å². The van der Waals surface area contributed by atoms with Crippen LogP contribution >= 0.6 is 0 Å². The van der Waals surface area contributed by atoms with E-state index in [1.54, 1.807) is 19.1 Å². The molecule has 0 atom stereocenters. The standard InChI is InChI=1S/C20H25NO4S/c1-4-25-20(22)15-21(14-17-8-6-5-7-9-17)26(23,24)19-12-10-18(11-13-19)16(2)3/h5-13,16H,4,14-15H2,1-3H3. The Bertz CT molecular complexity index is 815. The molecule has 0 unspecified atom stereocenters. The van der Waals surface area contributed by atoms with Gasteiger partial charge in [-0.3, -0.25) is 4.79 Å². The van der Waals surface area contributed by atoms with Crippen molar-refractivity contribution in [3.05, 3.63) is 65.7 Å². The highest BCUT2D eigenvalue weighted by Crippen LogP contribution is 2.21. The maximum Gasteiger partial charge on any atom is 0.321 e. The van der Waals surface area contributed by atoms with Gasteiger partial charge in [0.05, 0.1) is 11.5 Å². The molecule has 140 valence electrons. The summed E-state index contributed by atoms with van der Waals surface area (Å²) in [6.07, 6.45) is 0. The average molecular weight is 375 g/mol. The second-order valence-electron chi connectivity index (χ2n) is 6.29. The van der Waals surface area contributed by atoms with Gasteiger partial charge in [0, 0.05) is 6.54 Å². The van der Waals surface area contributed by atoms with Crippen molar-refractivity contribution in [1.82, 2.24) is 4.31 Å². The zero-order chi connectivity index (χ0) is 19.2. The van der Waals surface area contributed by atoms with Crippen LogP contribution in [0.2, 0.25) is 0 Å². The molecular weight excluding hydrogens is 350 g/mol. The summed E-state index contributed by atoms with van der Waals surface area (Å²) in [5, 5.41) is 0. The van der Waals surface area contributed by atoms with Crippen LogP contribution in [0.3, 0.4) is 0 Å². The number of benzene rings is 2. The van der Waals surface area contributed by atoms with Gasteiger partial charge in [0.2, 0.25) is 10.0 Å². The largest absolute Gasteiger partial charge is 0.465 e. The summed E-state index contributed by atoms with van der Waals surface area (Å²) in [7, 11) is -3.82. The lowest BCUT2D eigenvalue weighted by Gasteiger charge is -2.22. The van der Waals surface area contributed by atoms with Gasteiger partial charge in [-0.2, -0.15) is 4.31 Å². The van der Waals surface area contributed by atoms with E-state index in [1.165, 1.54) is 0 Å². The van der Waals surface area contributed by atoms with Crippen LogP contribution in [-0.4, -0.2) is 31.8 Å². The third-order valence-electron chi connectivity index (χ3n) is 4.00. The molecule has 6 heteroatoms. The molecule has 2 rings (SSSR count). The van der Waals surface area contributed by atoms with E-state index in [0.29, 0.717) is 5.92 Å². The molecule has 26 heavy (non-hydrogen) atoms. The minimum atomic E-state index is -3.82. The van der Waals surface area contributed by atoms with Crippen LogP contribution in [0.15, 0.2) is 59.5 Å². The molecule has 0 bridgehead atoms. The molecular formula is C20H25NO4S. The van der Waals surface area contributed by atoms with Crippen LogP contribution in [0.25, 0.3) is 0 Å². The molecule has 0 saturated heterocycles. The van der Waals surface area contributed by atoms with Crippen molar-refractivity contribution in [2.45, 2.75) is 38.1 Å². The Morgan fingerprint density at radius 3 is 2.19 bits per heavy atom. The lowest BCUT2D eigenvalue weighted by atomic mass is 10.0. The second-order valence-corrected chi connectivity index (χ2v) is 8.23. The number of nitrogens with zero attached hydrogens (tertiary/aromatic N) is 1. The van der Waals surface area contributed by atoms with E-state index in [4.69, 9.17) is 4.74 Å². The number of carbonyl (C=O) groups is 1. The molecule has 0 aliphatic rings. The van der Waals surface area contributed by atoms with Gasteiger partial charge in [-0.1, -0.05) is 56.3 Å². The van der Waals surface area contributed by atoms with Crippen molar-refractivity contribution in [3.63, 3.8) is 0 Å². The lowest BCUT2D eigenvalue weighted by molar-refractivity contribution is -0.143. The number of ether oxygens (including phenoxy) is 1. The summed E-state index contributed by atoms with van der Waals surface area (Å²) in [4.78, 5) is 12.1. The van der Waals surface area contributed by atoms with Gasteiger partial charge in [0.25, 0.3) is 0 Å². The highest BCUT2D eigenvalue weighted by atomic mass is 32.2. The molecule has 0 aliphatic heterocycles. The molecule has 0 radical (unpaired) electrons. The Kier molecular flexibility index (Phi) is 6.94. The predicted octanol–water partition coefficient (Wildman–Crippen LogP) is 3.56. The first-order valence-electron chi connectivity index (χ1n) is 8.64. The maximum absolute atomic E-state index is 13.1. The quantitative estimate of drug-likeness (QED) is 0.662. The van der Waals surface area contributed by atoms with Crippen LogP contribution in [0.1, 0.15) is 37.8 Å². The summed E-state index contributed by atoms with van der Waals surface area (Å²) in [6, 6.07) is 16.0. The normalized spacial score (nSPS) is 11.7. The number of hydrogen-bond acceptors (Lipinski definition) is 4. The maximum atomic E-state index is 13.1. The van der Waals surface area contributed by atoms with Gasteiger partial charge < -0.3 is 4.74 Å². The van der Waals surface area contributed by atoms with E-state index in [-0.39, 0.29) is 24.6 Å². The van der Waals surface area contributed by atoms with Crippen LogP contribution < -0.4 is 0 Å². The van der Waals surface area contributed by atoms with E-state index in [1.807, 2.05) is 56.3 Å². The van der Waals surface area contributed by atoms with Crippen LogP contribution in [-0.2, 0) is 26.1 Å². The first-order chi connectivity index (χ1) is 12.3. The van der Waals surface area contributed by atoms with Crippen molar-refractivity contribution >= 4 is 16.0 Å². The monoisotopic (exact) mass is 375 g/mol. The van der Waals surface area contributed by atoms with Crippen LogP contribution in [0.5, 0.6) is 0 Å². The van der Waals surface area contributed by atoms with E-state index in [9.17, 15) is 13.2 Å². The van der Waals surface area contributed by atoms with E-state index < -0.39 is 16.0 Å². The molecule has 0 N–H and O–H groups in total. The zero-order valence-electron chi connectivity index (χ0n) is 15.4. The zero-order valence-corrected chi connectivity index (χ0v) is 16.2. The molecule has 5 nitrogen and oxygen atoms in total. The summed E-state index contributed by atoms with van der Waals surface area (Å²) in [6.45, 7) is 5.78. The Balaban J connectivity index is 2.33. The third kappa shape index (κ3) is 5.16. The summed E-state index contributed by atoms with van der Waals surface area (Å²) in [5.41, 5.74) is 1.86. The van der Waals surface area contributed by atoms with Crippen molar-refractivity contribution in [3.8, 4) is 0 Å². The number of hydrogen-bond donors (Lipinski definition) is 0. The van der Waals surface area contributed by atoms with Gasteiger partial charge in [-0.15, -0.1) is 0 Å². The molecule has 0 fully saturated rings. The smallest absolute Gasteiger partial charge is 0.321 e. The Morgan fingerprint density at radius 1 is 1.04 bits per heavy atom. The molecule has 0 spiro atoms. The summed E-state index contributed by atoms with van der Waals surface area (Å²) >= 11 is 0. The molecule has 0 heterocycles. The highest BCUT2D eigenvalue weighted by Gasteiger charge is 2.27. The fraction of sp³-hybridized carbons (Fsp3) is 0.350. The molecule has 0 aliphatic carbocycles. The van der Waals surface area contributed by atoms with Crippen LogP contribution in [0, 0.1) is 0 Å². The van der Waals surface area contributed by atoms with Gasteiger partial charge in [0.1, 0.15) is 6.54 Å². The summed E-state index contributed by atoms with van der Waals surface area (Å²) in [5.74, 6) is -0.252. The number of sulfonamides is 1. The fourth-order valence-electron chi connectivity index (χ4n) is 2.54. The first-order valence-corrected chi connectivity index (χ1v) is 10.1. The molecule has 0 saturated carbocycles. The van der Waals surface area contributed by atoms with Gasteiger partial charge in [0.15, 0.2) is 0 Å². The topological polar surface area (TPSA) is 63.7 Å². The van der Waals surface area contributed by atoms with E-state index in [2.05, 4.69) is 0 Å². The highest BCUT2D eigenvalue weighted by molar-refractivity contribution is 7.89. The van der Waals surface area contributed by atoms with Gasteiger partial charge in [-0.05, 0) is 36.1 Å². The number of carbonyl (C=O) groups excluding carboxylic acids is 1. The SMILES string of the molecule is CCOC(=O)CN(Cc1ccccc1)S(=O)(=O)c1ccc(C(C)C)cc1. The Hall–Kier alpha value is -2.18. The lowest BCUT2D eigenvalue weighted by Crippen LogP contribution is -2.36. The van der Waals surface area contributed by atoms with Gasteiger partial charge in [-0.25, -0.2) is 8.42 Å². The molecule has 0 amide bonds.